The summed E-state index contributed by atoms with van der Waals surface area (Å²) in [7, 11) is 0. The molecule has 4 fully saturated rings. The summed E-state index contributed by atoms with van der Waals surface area (Å²) in [6.45, 7) is 20.4. The van der Waals surface area contributed by atoms with Gasteiger partial charge in [-0.2, -0.15) is 0 Å². The Morgan fingerprint density at radius 3 is 2.11 bits per heavy atom. The van der Waals surface area contributed by atoms with Crippen LogP contribution in [0.2, 0.25) is 0 Å². The Balaban J connectivity index is 0. The van der Waals surface area contributed by atoms with Gasteiger partial charge in [-0.3, -0.25) is 0 Å². The highest BCUT2D eigenvalue weighted by Crippen LogP contribution is 2.69. The standard InChI is InChI=1S/C30H54O2.C3H8.4H2/c1-20(2)30(32)18-17-28(6)22(19-30)10-11-23-25-13-12-24(29(25,7)16-14-26(23)28)21(3)9-8-15-27(4,5)31;1-3-2;;;;/h20-26,31-32H,8-19H2,1-7H3;3H2,1-2H3;4*1H/t21-,22?,23+,24?,25?,26?,28+,29-,30+;;;;;/m1...../s1. The first-order valence-corrected chi connectivity index (χ1v) is 15.7. The number of fused-ring (bicyclic) bond motifs is 5. The van der Waals surface area contributed by atoms with Gasteiger partial charge < -0.3 is 10.2 Å². The van der Waals surface area contributed by atoms with E-state index >= 15 is 0 Å². The molecule has 35 heavy (non-hydrogen) atoms. The molecule has 4 aliphatic rings. The maximum atomic E-state index is 11.3. The molecule has 0 amide bonds. The molecule has 0 bridgehead atoms. The van der Waals surface area contributed by atoms with Crippen molar-refractivity contribution in [2.24, 2.45) is 52.3 Å². The normalized spacial score (nSPS) is 44.1. The van der Waals surface area contributed by atoms with E-state index in [4.69, 9.17) is 0 Å². The highest BCUT2D eigenvalue weighted by Gasteiger charge is 2.61. The van der Waals surface area contributed by atoms with E-state index in [1.165, 1.54) is 57.8 Å². The summed E-state index contributed by atoms with van der Waals surface area (Å²) in [5.41, 5.74) is 0.0561. The van der Waals surface area contributed by atoms with Crippen LogP contribution in [0.3, 0.4) is 0 Å². The molecule has 0 heterocycles. The molecular formula is C33H70O2. The van der Waals surface area contributed by atoms with Crippen molar-refractivity contribution in [3.8, 4) is 0 Å². The van der Waals surface area contributed by atoms with Gasteiger partial charge in [0.15, 0.2) is 0 Å². The van der Waals surface area contributed by atoms with Crippen molar-refractivity contribution < 1.29 is 15.9 Å². The van der Waals surface area contributed by atoms with Crippen LogP contribution in [0.5, 0.6) is 0 Å². The van der Waals surface area contributed by atoms with Crippen LogP contribution in [0.1, 0.15) is 151 Å². The highest BCUT2D eigenvalue weighted by atomic mass is 16.3. The van der Waals surface area contributed by atoms with Crippen LogP contribution in [-0.4, -0.2) is 21.4 Å². The minimum atomic E-state index is -0.518. The molecule has 0 spiro atoms. The quantitative estimate of drug-likeness (QED) is 0.382. The molecule has 0 aliphatic heterocycles. The third-order valence-electron chi connectivity index (χ3n) is 12.0. The van der Waals surface area contributed by atoms with Gasteiger partial charge in [-0.1, -0.05) is 67.7 Å². The van der Waals surface area contributed by atoms with Crippen LogP contribution in [0.25, 0.3) is 0 Å². The fourth-order valence-electron chi connectivity index (χ4n) is 9.83. The van der Waals surface area contributed by atoms with Crippen molar-refractivity contribution in [3.05, 3.63) is 0 Å². The molecular weight excluding hydrogens is 428 g/mol. The Hall–Kier alpha value is -0.0800. The molecule has 2 N–H and O–H groups in total. The van der Waals surface area contributed by atoms with Crippen LogP contribution in [-0.2, 0) is 0 Å². The van der Waals surface area contributed by atoms with Gasteiger partial charge in [0, 0.05) is 5.71 Å². The van der Waals surface area contributed by atoms with E-state index in [0.717, 1.165) is 61.2 Å². The monoisotopic (exact) mass is 499 g/mol. The molecule has 4 rings (SSSR count). The Morgan fingerprint density at radius 2 is 1.51 bits per heavy atom. The minimum absolute atomic E-state index is 0. The van der Waals surface area contributed by atoms with Crippen LogP contribution >= 0.6 is 0 Å². The third-order valence-corrected chi connectivity index (χ3v) is 12.0. The van der Waals surface area contributed by atoms with Crippen molar-refractivity contribution in [2.75, 3.05) is 0 Å². The lowest BCUT2D eigenvalue weighted by Gasteiger charge is -2.62. The molecule has 9 atom stereocenters. The van der Waals surface area contributed by atoms with Gasteiger partial charge in [-0.15, -0.1) is 0 Å². The third kappa shape index (κ3) is 5.84. The molecule has 2 heteroatoms. The Morgan fingerprint density at radius 1 is 0.886 bits per heavy atom. The van der Waals surface area contributed by atoms with Gasteiger partial charge in [-0.25, -0.2) is 0 Å². The van der Waals surface area contributed by atoms with Crippen molar-refractivity contribution >= 4 is 0 Å². The zero-order chi connectivity index (χ0) is 26.2. The first-order chi connectivity index (χ1) is 16.2. The number of aliphatic hydroxyl groups is 2. The van der Waals surface area contributed by atoms with Crippen molar-refractivity contribution in [1.29, 1.82) is 0 Å². The SMILES string of the molecule is CC(C)[C@]1(O)CC[C@@]2(C)C(CC[C@@H]3C2CC[C@@]2(C)C3CCC2[C@H](C)CCCC(C)(C)O)C1.CCC.[HH].[HH].[HH].[HH]. The average Bonchev–Trinajstić information content (AvgIpc) is 3.11. The minimum Gasteiger partial charge on any atom is -0.390 e. The van der Waals surface area contributed by atoms with E-state index in [0.29, 0.717) is 16.7 Å². The maximum absolute atomic E-state index is 11.3. The number of hydrogen-bond donors (Lipinski definition) is 2. The lowest BCUT2D eigenvalue weighted by molar-refractivity contribution is -0.162. The fourth-order valence-corrected chi connectivity index (χ4v) is 9.83. The Bertz CT molecular complexity index is 698. The molecule has 0 aromatic rings. The summed E-state index contributed by atoms with van der Waals surface area (Å²) in [6, 6.07) is 0. The summed E-state index contributed by atoms with van der Waals surface area (Å²) < 4.78 is 0. The molecule has 0 aromatic carbocycles. The van der Waals surface area contributed by atoms with Gasteiger partial charge in [0.25, 0.3) is 0 Å². The molecule has 0 aromatic heterocycles. The second-order valence-corrected chi connectivity index (χ2v) is 15.2. The van der Waals surface area contributed by atoms with Gasteiger partial charge in [0.1, 0.15) is 0 Å². The van der Waals surface area contributed by atoms with Crippen molar-refractivity contribution in [1.82, 2.24) is 0 Å². The molecule has 4 saturated carbocycles. The topological polar surface area (TPSA) is 40.5 Å². The summed E-state index contributed by atoms with van der Waals surface area (Å²) in [5, 5.41) is 21.4. The van der Waals surface area contributed by atoms with E-state index in [1.807, 2.05) is 13.8 Å². The van der Waals surface area contributed by atoms with E-state index < -0.39 is 11.2 Å². The predicted molar refractivity (Wildman–Crippen MR) is 159 cm³/mol. The summed E-state index contributed by atoms with van der Waals surface area (Å²) >= 11 is 0. The van der Waals surface area contributed by atoms with Gasteiger partial charge in [0.05, 0.1) is 11.2 Å². The predicted octanol–water partition coefficient (Wildman–Crippen LogP) is 10.0. The number of rotatable bonds is 6. The lowest BCUT2D eigenvalue weighted by atomic mass is 9.43. The van der Waals surface area contributed by atoms with Crippen LogP contribution < -0.4 is 0 Å². The zero-order valence-electron chi connectivity index (χ0n) is 25.1. The summed E-state index contributed by atoms with van der Waals surface area (Å²) in [6.07, 6.45) is 16.4. The van der Waals surface area contributed by atoms with Crippen molar-refractivity contribution in [2.45, 2.75) is 157 Å². The second-order valence-electron chi connectivity index (χ2n) is 15.2. The summed E-state index contributed by atoms with van der Waals surface area (Å²) in [5.74, 6) is 5.51. The van der Waals surface area contributed by atoms with Crippen molar-refractivity contribution in [3.63, 3.8) is 0 Å². The molecule has 4 aliphatic carbocycles. The largest absolute Gasteiger partial charge is 0.390 e. The molecule has 214 valence electrons. The van der Waals surface area contributed by atoms with Gasteiger partial charge in [0.2, 0.25) is 0 Å². The maximum Gasteiger partial charge on any atom is 0.0673 e. The van der Waals surface area contributed by atoms with E-state index in [9.17, 15) is 10.2 Å². The first-order valence-electron chi connectivity index (χ1n) is 15.7. The van der Waals surface area contributed by atoms with Gasteiger partial charge in [-0.05, 0) is 130 Å². The Kier molecular flexibility index (Phi) is 9.23. The molecule has 2 nitrogen and oxygen atoms in total. The fraction of sp³-hybridized carbons (Fsp3) is 1.00. The summed E-state index contributed by atoms with van der Waals surface area (Å²) in [4.78, 5) is 0. The average molecular weight is 499 g/mol. The van der Waals surface area contributed by atoms with E-state index in [2.05, 4.69) is 48.5 Å². The van der Waals surface area contributed by atoms with Crippen LogP contribution in [0.15, 0.2) is 0 Å². The smallest absolute Gasteiger partial charge is 0.0673 e. The highest BCUT2D eigenvalue weighted by molar-refractivity contribution is 5.11. The lowest BCUT2D eigenvalue weighted by Crippen LogP contribution is -2.57. The molecule has 0 saturated heterocycles. The second kappa shape index (κ2) is 11.0. The van der Waals surface area contributed by atoms with E-state index in [-0.39, 0.29) is 5.71 Å². The number of hydrogen-bond acceptors (Lipinski definition) is 2. The van der Waals surface area contributed by atoms with Crippen LogP contribution in [0, 0.1) is 52.3 Å². The molecule has 0 radical (unpaired) electrons. The Labute approximate surface area is 225 Å². The van der Waals surface area contributed by atoms with Gasteiger partial charge >= 0.3 is 0 Å². The zero-order valence-corrected chi connectivity index (χ0v) is 25.1. The van der Waals surface area contributed by atoms with Crippen LogP contribution in [0.4, 0.5) is 0 Å². The molecule has 4 unspecified atom stereocenters. The first kappa shape index (κ1) is 29.5. The van der Waals surface area contributed by atoms with E-state index in [1.54, 1.807) is 0 Å².